The Morgan fingerprint density at radius 1 is 1.16 bits per heavy atom. The van der Waals surface area contributed by atoms with Crippen LogP contribution in [-0.4, -0.2) is 40.5 Å². The number of rotatable bonds is 4. The summed E-state index contributed by atoms with van der Waals surface area (Å²) in [6, 6.07) is 12.3. The van der Waals surface area contributed by atoms with E-state index < -0.39 is 10.0 Å². The van der Waals surface area contributed by atoms with Crippen molar-refractivity contribution in [3.63, 3.8) is 0 Å². The fourth-order valence-electron chi connectivity index (χ4n) is 3.09. The molecule has 2 aromatic heterocycles. The van der Waals surface area contributed by atoms with Crippen LogP contribution in [0.1, 0.15) is 18.2 Å². The van der Waals surface area contributed by atoms with Crippen LogP contribution < -0.4 is 0 Å². The van der Waals surface area contributed by atoms with E-state index in [1.54, 1.807) is 30.3 Å². The van der Waals surface area contributed by atoms with Gasteiger partial charge >= 0.3 is 0 Å². The standard InChI is InChI=1S/C17H18N4O3S/c1-20-10-5-8-15(20)16-18-17(24-19-16)13-9-11-21(12-13)25(22,23)14-6-3-2-4-7-14/h2-8,10,13H,9,11-12H2,1H3. The predicted molar refractivity (Wildman–Crippen MR) is 91.3 cm³/mol. The number of aryl methyl sites for hydroxylation is 1. The highest BCUT2D eigenvalue weighted by atomic mass is 32.2. The second-order valence-corrected chi connectivity index (χ2v) is 8.06. The lowest BCUT2D eigenvalue weighted by atomic mass is 10.1. The SMILES string of the molecule is Cn1cccc1-c1noc(C2CCN(S(=O)(=O)c3ccccc3)C2)n1. The lowest BCUT2D eigenvalue weighted by molar-refractivity contribution is 0.354. The normalized spacial score (nSPS) is 18.7. The fraction of sp³-hybridized carbons (Fsp3) is 0.294. The average Bonchev–Trinajstić information content (AvgIpc) is 3.35. The molecular formula is C17H18N4O3S. The molecule has 0 N–H and O–H groups in total. The molecule has 1 saturated heterocycles. The molecule has 1 aliphatic rings. The van der Waals surface area contributed by atoms with Gasteiger partial charge in [0.15, 0.2) is 0 Å². The summed E-state index contributed by atoms with van der Waals surface area (Å²) in [5, 5.41) is 4.03. The Kier molecular flexibility index (Phi) is 3.93. The molecule has 7 nitrogen and oxygen atoms in total. The third kappa shape index (κ3) is 2.87. The largest absolute Gasteiger partial charge is 0.348 e. The molecule has 3 heterocycles. The fourth-order valence-corrected chi connectivity index (χ4v) is 4.61. The molecular weight excluding hydrogens is 340 g/mol. The first kappa shape index (κ1) is 16.0. The van der Waals surface area contributed by atoms with Crippen LogP contribution in [0.15, 0.2) is 58.1 Å². The predicted octanol–water partition coefficient (Wildman–Crippen LogP) is 2.25. The summed E-state index contributed by atoms with van der Waals surface area (Å²) in [6.45, 7) is 0.801. The van der Waals surface area contributed by atoms with Crippen LogP contribution >= 0.6 is 0 Å². The molecule has 8 heteroatoms. The Balaban J connectivity index is 1.54. The molecule has 130 valence electrons. The van der Waals surface area contributed by atoms with Crippen molar-refractivity contribution < 1.29 is 12.9 Å². The molecule has 1 unspecified atom stereocenters. The first-order valence-electron chi connectivity index (χ1n) is 8.06. The summed E-state index contributed by atoms with van der Waals surface area (Å²) >= 11 is 0. The lowest BCUT2D eigenvalue weighted by Crippen LogP contribution is -2.28. The van der Waals surface area contributed by atoms with Gasteiger partial charge in [-0.25, -0.2) is 8.42 Å². The van der Waals surface area contributed by atoms with Crippen LogP contribution in [0.25, 0.3) is 11.5 Å². The molecule has 4 rings (SSSR count). The summed E-state index contributed by atoms with van der Waals surface area (Å²) in [4.78, 5) is 4.78. The van der Waals surface area contributed by atoms with Gasteiger partial charge in [-0.2, -0.15) is 9.29 Å². The Labute approximate surface area is 145 Å². The molecule has 1 fully saturated rings. The minimum absolute atomic E-state index is 0.0833. The van der Waals surface area contributed by atoms with Crippen molar-refractivity contribution in [1.29, 1.82) is 0 Å². The number of benzene rings is 1. The van der Waals surface area contributed by atoms with Gasteiger partial charge in [0.2, 0.25) is 21.7 Å². The lowest BCUT2D eigenvalue weighted by Gasteiger charge is -2.15. The smallest absolute Gasteiger partial charge is 0.243 e. The molecule has 0 saturated carbocycles. The summed E-state index contributed by atoms with van der Waals surface area (Å²) in [5.74, 6) is 0.925. The van der Waals surface area contributed by atoms with E-state index in [-0.39, 0.29) is 5.92 Å². The Bertz CT molecular complexity index is 978. The zero-order valence-electron chi connectivity index (χ0n) is 13.7. The van der Waals surface area contributed by atoms with Gasteiger partial charge in [0.25, 0.3) is 0 Å². The van der Waals surface area contributed by atoms with Gasteiger partial charge in [0.05, 0.1) is 16.5 Å². The van der Waals surface area contributed by atoms with Crippen molar-refractivity contribution in [3.05, 3.63) is 54.6 Å². The van der Waals surface area contributed by atoms with Gasteiger partial charge < -0.3 is 9.09 Å². The highest BCUT2D eigenvalue weighted by Gasteiger charge is 2.35. The minimum Gasteiger partial charge on any atom is -0.348 e. The van der Waals surface area contributed by atoms with Crippen molar-refractivity contribution >= 4 is 10.0 Å². The van der Waals surface area contributed by atoms with E-state index >= 15 is 0 Å². The zero-order chi connectivity index (χ0) is 17.4. The quantitative estimate of drug-likeness (QED) is 0.714. The zero-order valence-corrected chi connectivity index (χ0v) is 14.6. The van der Waals surface area contributed by atoms with Gasteiger partial charge in [-0.15, -0.1) is 0 Å². The van der Waals surface area contributed by atoms with Crippen molar-refractivity contribution in [1.82, 2.24) is 19.0 Å². The molecule has 3 aromatic rings. The van der Waals surface area contributed by atoms with Gasteiger partial charge in [-0.05, 0) is 30.7 Å². The van der Waals surface area contributed by atoms with Crippen LogP contribution in [0, 0.1) is 0 Å². The molecule has 0 radical (unpaired) electrons. The van der Waals surface area contributed by atoms with E-state index in [9.17, 15) is 8.42 Å². The van der Waals surface area contributed by atoms with Crippen LogP contribution in [0.2, 0.25) is 0 Å². The van der Waals surface area contributed by atoms with Gasteiger partial charge in [-0.3, -0.25) is 0 Å². The third-order valence-electron chi connectivity index (χ3n) is 4.50. The van der Waals surface area contributed by atoms with E-state index in [0.29, 0.717) is 36.1 Å². The van der Waals surface area contributed by atoms with Crippen LogP contribution in [0.3, 0.4) is 0 Å². The highest BCUT2D eigenvalue weighted by Crippen LogP contribution is 2.31. The summed E-state index contributed by atoms with van der Waals surface area (Å²) in [6.07, 6.45) is 2.58. The summed E-state index contributed by atoms with van der Waals surface area (Å²) < 4.78 is 34.2. The van der Waals surface area contributed by atoms with Gasteiger partial charge in [-0.1, -0.05) is 23.4 Å². The molecule has 0 bridgehead atoms. The number of hydrogen-bond acceptors (Lipinski definition) is 5. The highest BCUT2D eigenvalue weighted by molar-refractivity contribution is 7.89. The maximum Gasteiger partial charge on any atom is 0.243 e. The maximum absolute atomic E-state index is 12.7. The van der Waals surface area contributed by atoms with Crippen LogP contribution in [0.5, 0.6) is 0 Å². The van der Waals surface area contributed by atoms with Crippen molar-refractivity contribution in [2.45, 2.75) is 17.2 Å². The summed E-state index contributed by atoms with van der Waals surface area (Å²) in [5.41, 5.74) is 0.863. The number of sulfonamides is 1. The minimum atomic E-state index is -3.48. The molecule has 1 atom stereocenters. The van der Waals surface area contributed by atoms with Crippen molar-refractivity contribution in [3.8, 4) is 11.5 Å². The van der Waals surface area contributed by atoms with E-state index in [4.69, 9.17) is 4.52 Å². The van der Waals surface area contributed by atoms with E-state index in [1.807, 2.05) is 29.9 Å². The molecule has 0 spiro atoms. The Morgan fingerprint density at radius 2 is 1.96 bits per heavy atom. The second-order valence-electron chi connectivity index (χ2n) is 6.12. The molecule has 25 heavy (non-hydrogen) atoms. The maximum atomic E-state index is 12.7. The number of nitrogens with zero attached hydrogens (tertiary/aromatic N) is 4. The number of hydrogen-bond donors (Lipinski definition) is 0. The van der Waals surface area contributed by atoms with Gasteiger partial charge in [0, 0.05) is 26.3 Å². The Hall–Kier alpha value is -2.45. The van der Waals surface area contributed by atoms with Gasteiger partial charge in [0.1, 0.15) is 0 Å². The van der Waals surface area contributed by atoms with E-state index in [2.05, 4.69) is 10.1 Å². The van der Waals surface area contributed by atoms with Crippen LogP contribution in [-0.2, 0) is 17.1 Å². The van der Waals surface area contributed by atoms with Crippen molar-refractivity contribution in [2.24, 2.45) is 7.05 Å². The first-order valence-corrected chi connectivity index (χ1v) is 9.50. The third-order valence-corrected chi connectivity index (χ3v) is 6.38. The molecule has 1 aromatic carbocycles. The van der Waals surface area contributed by atoms with E-state index in [0.717, 1.165) is 5.69 Å². The molecule has 1 aliphatic heterocycles. The topological polar surface area (TPSA) is 81.2 Å². The monoisotopic (exact) mass is 358 g/mol. The summed E-state index contributed by atoms with van der Waals surface area (Å²) in [7, 11) is -1.57. The second kappa shape index (κ2) is 6.12. The number of aromatic nitrogens is 3. The average molecular weight is 358 g/mol. The van der Waals surface area contributed by atoms with Crippen molar-refractivity contribution in [2.75, 3.05) is 13.1 Å². The van der Waals surface area contributed by atoms with E-state index in [1.165, 1.54) is 4.31 Å². The van der Waals surface area contributed by atoms with Crippen LogP contribution in [0.4, 0.5) is 0 Å². The first-order chi connectivity index (χ1) is 12.1. The Morgan fingerprint density at radius 3 is 2.68 bits per heavy atom. The molecule has 0 amide bonds. The molecule has 0 aliphatic carbocycles.